The zero-order valence-electron chi connectivity index (χ0n) is 18.6. The fraction of sp³-hybridized carbons (Fsp3) is 0.650. The highest BCUT2D eigenvalue weighted by molar-refractivity contribution is 5.94. The Morgan fingerprint density at radius 2 is 1.65 bits per heavy atom. The summed E-state index contributed by atoms with van der Waals surface area (Å²) in [6, 6.07) is -3.89. The van der Waals surface area contributed by atoms with Crippen molar-refractivity contribution in [1.82, 2.24) is 25.9 Å². The summed E-state index contributed by atoms with van der Waals surface area (Å²) >= 11 is 0. The number of aliphatic carboxylic acids is 1. The van der Waals surface area contributed by atoms with Gasteiger partial charge >= 0.3 is 5.97 Å². The van der Waals surface area contributed by atoms with Crippen molar-refractivity contribution in [2.24, 2.45) is 17.6 Å². The van der Waals surface area contributed by atoms with Crippen LogP contribution in [0.5, 0.6) is 0 Å². The van der Waals surface area contributed by atoms with Gasteiger partial charge in [0.1, 0.15) is 18.1 Å². The van der Waals surface area contributed by atoms with Crippen LogP contribution in [0.25, 0.3) is 0 Å². The second-order valence-electron chi connectivity index (χ2n) is 8.07. The summed E-state index contributed by atoms with van der Waals surface area (Å²) in [5.74, 6) is -3.47. The van der Waals surface area contributed by atoms with Crippen LogP contribution in [0.1, 0.15) is 46.7 Å². The maximum Gasteiger partial charge on any atom is 0.326 e. The molecule has 0 fully saturated rings. The Morgan fingerprint density at radius 1 is 1.03 bits per heavy atom. The van der Waals surface area contributed by atoms with E-state index in [1.54, 1.807) is 20.8 Å². The molecule has 11 nitrogen and oxygen atoms in total. The second kappa shape index (κ2) is 12.0. The average molecular weight is 439 g/mol. The van der Waals surface area contributed by atoms with E-state index < -0.39 is 47.9 Å². The molecule has 0 aromatic carbocycles. The molecule has 0 aliphatic heterocycles. The zero-order valence-corrected chi connectivity index (χ0v) is 18.6. The number of nitrogens with one attached hydrogen (secondary N) is 4. The van der Waals surface area contributed by atoms with Crippen molar-refractivity contribution in [1.29, 1.82) is 0 Å². The predicted octanol–water partition coefficient (Wildman–Crippen LogP) is -0.459. The average Bonchev–Trinajstić information content (AvgIpc) is 3.21. The standard InChI is InChI=1S/C20H34N6O5/c1-6-11(4)16(20(30)31)26-19(29)15(10(2)3)25-18(28)14(24-17(27)12(5)21)7-13-8-22-9-23-13/h8-12,14-16H,6-7,21H2,1-5H3,(H,22,23)(H,24,27)(H,25,28)(H,26,29)(H,30,31). The number of aromatic amines is 1. The third-order valence-electron chi connectivity index (χ3n) is 5.05. The molecule has 3 amide bonds. The van der Waals surface area contributed by atoms with E-state index in [4.69, 9.17) is 5.73 Å². The highest BCUT2D eigenvalue weighted by Gasteiger charge is 2.33. The van der Waals surface area contributed by atoms with Crippen LogP contribution in [-0.2, 0) is 25.6 Å². The topological polar surface area (TPSA) is 179 Å². The Morgan fingerprint density at radius 3 is 2.10 bits per heavy atom. The van der Waals surface area contributed by atoms with Crippen LogP contribution in [0.2, 0.25) is 0 Å². The molecular weight excluding hydrogens is 404 g/mol. The van der Waals surface area contributed by atoms with Gasteiger partial charge in [-0.15, -0.1) is 0 Å². The fourth-order valence-electron chi connectivity index (χ4n) is 2.84. The maximum atomic E-state index is 13.0. The number of nitrogens with two attached hydrogens (primary N) is 1. The predicted molar refractivity (Wildman–Crippen MR) is 114 cm³/mol. The van der Waals surface area contributed by atoms with Crippen molar-refractivity contribution < 1.29 is 24.3 Å². The van der Waals surface area contributed by atoms with Crippen LogP contribution >= 0.6 is 0 Å². The number of amides is 3. The molecule has 0 spiro atoms. The molecule has 0 saturated carbocycles. The van der Waals surface area contributed by atoms with Crippen molar-refractivity contribution in [3.05, 3.63) is 18.2 Å². The van der Waals surface area contributed by atoms with Gasteiger partial charge in [0.15, 0.2) is 0 Å². The van der Waals surface area contributed by atoms with Crippen LogP contribution in [-0.4, -0.2) is 62.9 Å². The van der Waals surface area contributed by atoms with Gasteiger partial charge in [-0.1, -0.05) is 34.1 Å². The lowest BCUT2D eigenvalue weighted by Gasteiger charge is -2.28. The van der Waals surface area contributed by atoms with Gasteiger partial charge in [0.2, 0.25) is 17.7 Å². The first-order chi connectivity index (χ1) is 14.5. The minimum absolute atomic E-state index is 0.112. The Kier molecular flexibility index (Phi) is 10.1. The summed E-state index contributed by atoms with van der Waals surface area (Å²) in [5, 5.41) is 17.2. The van der Waals surface area contributed by atoms with E-state index in [1.807, 2.05) is 6.92 Å². The first-order valence-corrected chi connectivity index (χ1v) is 10.3. The summed E-state index contributed by atoms with van der Waals surface area (Å²) in [6.45, 7) is 8.51. The Balaban J connectivity index is 2.99. The van der Waals surface area contributed by atoms with Crippen LogP contribution in [0.3, 0.4) is 0 Å². The number of carbonyl (C=O) groups excluding carboxylic acids is 3. The normalized spacial score (nSPS) is 16.0. The van der Waals surface area contributed by atoms with Crippen molar-refractivity contribution >= 4 is 23.7 Å². The molecule has 0 bridgehead atoms. The number of hydrogen-bond acceptors (Lipinski definition) is 6. The third-order valence-corrected chi connectivity index (χ3v) is 5.05. The van der Waals surface area contributed by atoms with Crippen LogP contribution in [0, 0.1) is 11.8 Å². The van der Waals surface area contributed by atoms with Crippen molar-refractivity contribution in [3.63, 3.8) is 0 Å². The first kappa shape index (κ1) is 26.1. The molecule has 1 rings (SSSR count). The Labute approximate surface area is 181 Å². The lowest BCUT2D eigenvalue weighted by molar-refractivity contribution is -0.144. The molecule has 0 aliphatic carbocycles. The van der Waals surface area contributed by atoms with Gasteiger partial charge < -0.3 is 31.8 Å². The van der Waals surface area contributed by atoms with Gasteiger partial charge in [-0.3, -0.25) is 14.4 Å². The fourth-order valence-corrected chi connectivity index (χ4v) is 2.84. The van der Waals surface area contributed by atoms with E-state index >= 15 is 0 Å². The lowest BCUT2D eigenvalue weighted by atomic mass is 9.97. The molecule has 5 atom stereocenters. The highest BCUT2D eigenvalue weighted by Crippen LogP contribution is 2.10. The molecule has 7 N–H and O–H groups in total. The molecule has 5 unspecified atom stereocenters. The van der Waals surface area contributed by atoms with Gasteiger partial charge in [-0.05, 0) is 18.8 Å². The maximum absolute atomic E-state index is 13.0. The van der Waals surface area contributed by atoms with Crippen LogP contribution in [0.15, 0.2) is 12.5 Å². The van der Waals surface area contributed by atoms with E-state index in [1.165, 1.54) is 19.4 Å². The van der Waals surface area contributed by atoms with E-state index in [2.05, 4.69) is 25.9 Å². The molecule has 1 aromatic rings. The van der Waals surface area contributed by atoms with Gasteiger partial charge in [0.25, 0.3) is 0 Å². The summed E-state index contributed by atoms with van der Waals surface area (Å²) < 4.78 is 0. The summed E-state index contributed by atoms with van der Waals surface area (Å²) in [6.07, 6.45) is 3.64. The monoisotopic (exact) mass is 438 g/mol. The van der Waals surface area contributed by atoms with Crippen molar-refractivity contribution in [2.45, 2.75) is 71.6 Å². The molecule has 1 aromatic heterocycles. The number of carboxylic acid groups (broad SMARTS) is 1. The first-order valence-electron chi connectivity index (χ1n) is 10.3. The lowest BCUT2D eigenvalue weighted by Crippen LogP contribution is -2.59. The number of carbonyl (C=O) groups is 4. The smallest absolute Gasteiger partial charge is 0.326 e. The summed E-state index contributed by atoms with van der Waals surface area (Å²) in [4.78, 5) is 56.2. The molecule has 174 valence electrons. The van der Waals surface area contributed by atoms with Crippen LogP contribution in [0.4, 0.5) is 0 Å². The number of hydrogen-bond donors (Lipinski definition) is 6. The number of nitrogens with zero attached hydrogens (tertiary/aromatic N) is 1. The SMILES string of the molecule is CCC(C)C(NC(=O)C(NC(=O)C(Cc1cnc[nH]1)NC(=O)C(C)N)C(C)C)C(=O)O. The quantitative estimate of drug-likeness (QED) is 0.255. The number of rotatable bonds is 12. The number of aromatic nitrogens is 2. The second-order valence-corrected chi connectivity index (χ2v) is 8.07. The van der Waals surface area contributed by atoms with E-state index in [0.717, 1.165) is 0 Å². The molecule has 31 heavy (non-hydrogen) atoms. The van der Waals surface area contributed by atoms with Gasteiger partial charge in [0, 0.05) is 18.3 Å². The summed E-state index contributed by atoms with van der Waals surface area (Å²) in [5.41, 5.74) is 6.21. The Hall–Kier alpha value is -2.95. The largest absolute Gasteiger partial charge is 0.480 e. The molecule has 0 saturated heterocycles. The molecular formula is C20H34N6O5. The van der Waals surface area contributed by atoms with Crippen LogP contribution < -0.4 is 21.7 Å². The van der Waals surface area contributed by atoms with Gasteiger partial charge in [-0.2, -0.15) is 0 Å². The van der Waals surface area contributed by atoms with Crippen molar-refractivity contribution in [3.8, 4) is 0 Å². The molecule has 11 heteroatoms. The minimum Gasteiger partial charge on any atom is -0.480 e. The Bertz CT molecular complexity index is 749. The van der Waals surface area contributed by atoms with Crippen molar-refractivity contribution in [2.75, 3.05) is 0 Å². The van der Waals surface area contributed by atoms with E-state index in [9.17, 15) is 24.3 Å². The highest BCUT2D eigenvalue weighted by atomic mass is 16.4. The molecule has 1 heterocycles. The van der Waals surface area contributed by atoms with E-state index in [0.29, 0.717) is 12.1 Å². The van der Waals surface area contributed by atoms with E-state index in [-0.39, 0.29) is 18.3 Å². The van der Waals surface area contributed by atoms with Gasteiger partial charge in [0.05, 0.1) is 12.4 Å². The molecule has 0 aliphatic rings. The molecule has 0 radical (unpaired) electrons. The number of H-pyrrole nitrogens is 1. The number of carboxylic acids is 1. The number of imidazole rings is 1. The minimum atomic E-state index is -1.14. The zero-order chi connectivity index (χ0) is 23.7. The summed E-state index contributed by atoms with van der Waals surface area (Å²) in [7, 11) is 0. The van der Waals surface area contributed by atoms with Gasteiger partial charge in [-0.25, -0.2) is 9.78 Å². The third kappa shape index (κ3) is 8.00.